The lowest BCUT2D eigenvalue weighted by molar-refractivity contribution is 0.598. The number of sulfonamides is 1. The highest BCUT2D eigenvalue weighted by atomic mass is 79.9. The number of halogens is 1. The van der Waals surface area contributed by atoms with Gasteiger partial charge in [0.05, 0.1) is 16.3 Å². The van der Waals surface area contributed by atoms with Gasteiger partial charge in [0.25, 0.3) is 0 Å². The Labute approximate surface area is 160 Å². The lowest BCUT2D eigenvalue weighted by atomic mass is 10.0. The second kappa shape index (κ2) is 7.82. The molecule has 0 unspecified atom stereocenters. The van der Waals surface area contributed by atoms with Gasteiger partial charge in [0, 0.05) is 15.6 Å². The molecular formula is C19H16BrN3O2S. The van der Waals surface area contributed by atoms with Crippen molar-refractivity contribution >= 4 is 37.4 Å². The summed E-state index contributed by atoms with van der Waals surface area (Å²) in [5.41, 5.74) is 6.32. The average Bonchev–Trinajstić information content (AvgIpc) is 2.64. The van der Waals surface area contributed by atoms with Crippen molar-refractivity contribution in [2.24, 2.45) is 10.2 Å². The number of nitrogens with zero attached hydrogens (tertiary/aromatic N) is 1. The number of anilines is 1. The summed E-state index contributed by atoms with van der Waals surface area (Å²) in [6, 6.07) is 23.8. The van der Waals surface area contributed by atoms with E-state index in [0.29, 0.717) is 5.69 Å². The zero-order chi connectivity index (χ0) is 18.6. The first-order chi connectivity index (χ1) is 12.4. The van der Waals surface area contributed by atoms with Crippen LogP contribution in [0.15, 0.2) is 93.3 Å². The molecule has 0 bridgehead atoms. The Morgan fingerprint density at radius 2 is 1.42 bits per heavy atom. The number of rotatable bonds is 5. The number of hydrogen-bond acceptors (Lipinski definition) is 4. The van der Waals surface area contributed by atoms with Crippen LogP contribution in [0.1, 0.15) is 11.1 Å². The summed E-state index contributed by atoms with van der Waals surface area (Å²) in [7, 11) is -3.71. The lowest BCUT2D eigenvalue weighted by Crippen LogP contribution is -2.12. The second-order valence-corrected chi connectivity index (χ2v) is 7.99. The van der Waals surface area contributed by atoms with Gasteiger partial charge in [-0.2, -0.15) is 5.10 Å². The Balaban J connectivity index is 1.93. The van der Waals surface area contributed by atoms with Crippen molar-refractivity contribution in [3.8, 4) is 0 Å². The maximum absolute atomic E-state index is 11.3. The highest BCUT2D eigenvalue weighted by Crippen LogP contribution is 2.17. The van der Waals surface area contributed by atoms with Crippen LogP contribution in [-0.2, 0) is 10.0 Å². The fraction of sp³-hybridized carbons (Fsp3) is 0. The van der Waals surface area contributed by atoms with E-state index in [1.165, 1.54) is 12.1 Å². The summed E-state index contributed by atoms with van der Waals surface area (Å²) in [5.74, 6) is 0. The fourth-order valence-electron chi connectivity index (χ4n) is 2.34. The fourth-order valence-corrected chi connectivity index (χ4v) is 3.12. The van der Waals surface area contributed by atoms with Gasteiger partial charge in [-0.3, -0.25) is 5.43 Å². The van der Waals surface area contributed by atoms with E-state index in [0.717, 1.165) is 21.3 Å². The van der Waals surface area contributed by atoms with Gasteiger partial charge in [0.1, 0.15) is 0 Å². The van der Waals surface area contributed by atoms with Crippen molar-refractivity contribution in [2.75, 3.05) is 5.43 Å². The van der Waals surface area contributed by atoms with E-state index in [-0.39, 0.29) is 4.90 Å². The van der Waals surface area contributed by atoms with Gasteiger partial charge in [-0.15, -0.1) is 0 Å². The molecule has 26 heavy (non-hydrogen) atoms. The van der Waals surface area contributed by atoms with E-state index in [1.807, 2.05) is 54.6 Å². The molecule has 7 heteroatoms. The van der Waals surface area contributed by atoms with Crippen LogP contribution in [0.3, 0.4) is 0 Å². The van der Waals surface area contributed by atoms with Crippen LogP contribution in [0.2, 0.25) is 0 Å². The molecule has 0 spiro atoms. The van der Waals surface area contributed by atoms with Crippen molar-refractivity contribution in [3.63, 3.8) is 0 Å². The minimum absolute atomic E-state index is 0.0585. The minimum atomic E-state index is -3.71. The predicted molar refractivity (Wildman–Crippen MR) is 108 cm³/mol. The Hall–Kier alpha value is -2.48. The molecule has 3 aromatic carbocycles. The summed E-state index contributed by atoms with van der Waals surface area (Å²) in [6.07, 6.45) is 0. The Bertz CT molecular complexity index is 1020. The van der Waals surface area contributed by atoms with Crippen LogP contribution in [0.4, 0.5) is 5.69 Å². The predicted octanol–water partition coefficient (Wildman–Crippen LogP) is 3.96. The number of nitrogens with one attached hydrogen (secondary N) is 1. The molecular weight excluding hydrogens is 414 g/mol. The van der Waals surface area contributed by atoms with E-state index in [4.69, 9.17) is 5.14 Å². The number of hydrazone groups is 1. The summed E-state index contributed by atoms with van der Waals surface area (Å²) in [6.45, 7) is 0. The van der Waals surface area contributed by atoms with Crippen LogP contribution in [-0.4, -0.2) is 14.1 Å². The molecule has 0 aliphatic rings. The van der Waals surface area contributed by atoms with Gasteiger partial charge in [-0.05, 0) is 36.4 Å². The normalized spacial score (nSPS) is 12.0. The molecule has 132 valence electrons. The van der Waals surface area contributed by atoms with Gasteiger partial charge in [0.2, 0.25) is 10.0 Å². The molecule has 0 aliphatic carbocycles. The topological polar surface area (TPSA) is 84.5 Å². The molecule has 0 saturated heterocycles. The molecule has 0 aromatic heterocycles. The van der Waals surface area contributed by atoms with Gasteiger partial charge in [-0.1, -0.05) is 58.4 Å². The summed E-state index contributed by atoms with van der Waals surface area (Å²) >= 11 is 3.43. The third kappa shape index (κ3) is 4.57. The lowest BCUT2D eigenvalue weighted by Gasteiger charge is -2.09. The SMILES string of the molecule is NS(=O)(=O)c1ccc(N/N=C(/c2ccccc2)c2ccc(Br)cc2)cc1. The van der Waals surface area contributed by atoms with E-state index < -0.39 is 10.0 Å². The number of nitrogens with two attached hydrogens (primary N) is 1. The molecule has 0 aliphatic heterocycles. The van der Waals surface area contributed by atoms with E-state index >= 15 is 0 Å². The van der Waals surface area contributed by atoms with E-state index in [2.05, 4.69) is 26.5 Å². The summed E-state index contributed by atoms with van der Waals surface area (Å²) < 4.78 is 23.7. The second-order valence-electron chi connectivity index (χ2n) is 5.51. The first kappa shape index (κ1) is 18.3. The molecule has 3 aromatic rings. The molecule has 3 N–H and O–H groups in total. The van der Waals surface area contributed by atoms with Gasteiger partial charge in [-0.25, -0.2) is 13.6 Å². The summed E-state index contributed by atoms with van der Waals surface area (Å²) in [5, 5.41) is 9.64. The maximum atomic E-state index is 11.3. The van der Waals surface area contributed by atoms with E-state index in [9.17, 15) is 8.42 Å². The Kier molecular flexibility index (Phi) is 5.51. The average molecular weight is 430 g/mol. The van der Waals surface area contributed by atoms with Crippen LogP contribution >= 0.6 is 15.9 Å². The first-order valence-electron chi connectivity index (χ1n) is 7.71. The smallest absolute Gasteiger partial charge is 0.238 e. The van der Waals surface area contributed by atoms with Crippen LogP contribution < -0.4 is 10.6 Å². The molecule has 3 rings (SSSR count). The highest BCUT2D eigenvalue weighted by molar-refractivity contribution is 9.10. The van der Waals surface area contributed by atoms with Crippen LogP contribution in [0, 0.1) is 0 Å². The standard InChI is InChI=1S/C19H16BrN3O2S/c20-16-8-6-15(7-9-16)19(14-4-2-1-3-5-14)23-22-17-10-12-18(13-11-17)26(21,24)25/h1-13,22H,(H2,21,24,25)/b23-19-. The van der Waals surface area contributed by atoms with Crippen molar-refractivity contribution in [3.05, 3.63) is 94.5 Å². The quantitative estimate of drug-likeness (QED) is 0.475. The van der Waals surface area contributed by atoms with Crippen LogP contribution in [0.25, 0.3) is 0 Å². The maximum Gasteiger partial charge on any atom is 0.238 e. The number of benzene rings is 3. The molecule has 5 nitrogen and oxygen atoms in total. The Morgan fingerprint density at radius 1 is 0.846 bits per heavy atom. The van der Waals surface area contributed by atoms with Gasteiger partial charge in [0.15, 0.2) is 0 Å². The zero-order valence-electron chi connectivity index (χ0n) is 13.6. The largest absolute Gasteiger partial charge is 0.278 e. The van der Waals surface area contributed by atoms with Gasteiger partial charge >= 0.3 is 0 Å². The van der Waals surface area contributed by atoms with Crippen molar-refractivity contribution in [2.45, 2.75) is 4.90 Å². The molecule has 0 radical (unpaired) electrons. The molecule has 0 fully saturated rings. The number of primary sulfonamides is 1. The Morgan fingerprint density at radius 3 is 2.00 bits per heavy atom. The molecule has 0 saturated carbocycles. The van der Waals surface area contributed by atoms with Crippen molar-refractivity contribution < 1.29 is 8.42 Å². The molecule has 0 amide bonds. The third-order valence-electron chi connectivity index (χ3n) is 3.64. The highest BCUT2D eigenvalue weighted by Gasteiger charge is 2.08. The van der Waals surface area contributed by atoms with E-state index in [1.54, 1.807) is 12.1 Å². The van der Waals surface area contributed by atoms with Crippen molar-refractivity contribution in [1.29, 1.82) is 0 Å². The summed E-state index contributed by atoms with van der Waals surface area (Å²) in [4.78, 5) is 0.0585. The molecule has 0 heterocycles. The minimum Gasteiger partial charge on any atom is -0.278 e. The monoisotopic (exact) mass is 429 g/mol. The molecule has 0 atom stereocenters. The first-order valence-corrected chi connectivity index (χ1v) is 10.1. The zero-order valence-corrected chi connectivity index (χ0v) is 16.0. The van der Waals surface area contributed by atoms with Crippen LogP contribution in [0.5, 0.6) is 0 Å². The third-order valence-corrected chi connectivity index (χ3v) is 5.10. The van der Waals surface area contributed by atoms with Gasteiger partial charge < -0.3 is 0 Å². The number of hydrogen-bond donors (Lipinski definition) is 2. The van der Waals surface area contributed by atoms with Crippen molar-refractivity contribution in [1.82, 2.24) is 0 Å².